The Bertz CT molecular complexity index is 1100. The van der Waals surface area contributed by atoms with Crippen molar-refractivity contribution >= 4 is 23.2 Å². The summed E-state index contributed by atoms with van der Waals surface area (Å²) in [6.07, 6.45) is -2.66. The van der Waals surface area contributed by atoms with Crippen molar-refractivity contribution in [2.75, 3.05) is 18.1 Å². The predicted octanol–water partition coefficient (Wildman–Crippen LogP) is 6.17. The molecule has 3 aromatic carbocycles. The lowest BCUT2D eigenvalue weighted by Crippen LogP contribution is -2.43. The van der Waals surface area contributed by atoms with Crippen molar-refractivity contribution in [3.8, 4) is 11.1 Å². The van der Waals surface area contributed by atoms with E-state index in [9.17, 15) is 18.0 Å². The first kappa shape index (κ1) is 21.2. The van der Waals surface area contributed by atoms with Gasteiger partial charge in [-0.05, 0) is 65.9 Å². The van der Waals surface area contributed by atoms with E-state index >= 15 is 0 Å². The standard InChI is InChI=1S/C24H20ClF3N2O/c25-20-9-6-16(7-10-20)3-2-12-30-15-29-23(31)21-14-18(8-11-22(21)30)17-4-1-5-19(13-17)24(26,27)28/h1,4-11,13-14H,2-3,12,15H2,(H,29,31). The van der Waals surface area contributed by atoms with Crippen LogP contribution in [0.5, 0.6) is 0 Å². The second-order valence-corrected chi connectivity index (χ2v) is 7.90. The largest absolute Gasteiger partial charge is 0.416 e. The van der Waals surface area contributed by atoms with Crippen LogP contribution in [-0.2, 0) is 12.6 Å². The molecule has 7 heteroatoms. The third-order valence-electron chi connectivity index (χ3n) is 5.34. The van der Waals surface area contributed by atoms with Crippen molar-refractivity contribution in [2.45, 2.75) is 19.0 Å². The average Bonchev–Trinajstić information content (AvgIpc) is 2.76. The SMILES string of the molecule is O=C1NCN(CCCc2ccc(Cl)cc2)c2ccc(-c3cccc(C(F)(F)F)c3)cc21. The molecule has 1 aliphatic rings. The summed E-state index contributed by atoms with van der Waals surface area (Å²) in [4.78, 5) is 14.5. The van der Waals surface area contributed by atoms with Gasteiger partial charge in [-0.3, -0.25) is 4.79 Å². The van der Waals surface area contributed by atoms with Crippen LogP contribution in [0.4, 0.5) is 18.9 Å². The third kappa shape index (κ3) is 4.85. The Kier molecular flexibility index (Phi) is 5.92. The molecule has 0 bridgehead atoms. The molecule has 3 aromatic rings. The highest BCUT2D eigenvalue weighted by atomic mass is 35.5. The molecule has 1 amide bonds. The van der Waals surface area contributed by atoms with Crippen molar-refractivity contribution in [1.82, 2.24) is 5.32 Å². The molecule has 4 rings (SSSR count). The van der Waals surface area contributed by atoms with Gasteiger partial charge in [0.05, 0.1) is 23.5 Å². The summed E-state index contributed by atoms with van der Waals surface area (Å²) in [7, 11) is 0. The molecule has 0 spiro atoms. The van der Waals surface area contributed by atoms with Crippen LogP contribution in [0, 0.1) is 0 Å². The minimum Gasteiger partial charge on any atom is -0.353 e. The Morgan fingerprint density at radius 3 is 2.45 bits per heavy atom. The number of benzene rings is 3. The van der Waals surface area contributed by atoms with Crippen molar-refractivity contribution in [1.29, 1.82) is 0 Å². The summed E-state index contributed by atoms with van der Waals surface area (Å²) in [5, 5.41) is 3.55. The van der Waals surface area contributed by atoms with Crippen LogP contribution < -0.4 is 10.2 Å². The molecule has 31 heavy (non-hydrogen) atoms. The summed E-state index contributed by atoms with van der Waals surface area (Å²) in [6.45, 7) is 1.13. The molecule has 0 radical (unpaired) electrons. The molecule has 0 aromatic heterocycles. The van der Waals surface area contributed by atoms with E-state index in [1.54, 1.807) is 18.2 Å². The maximum atomic E-state index is 13.1. The van der Waals surface area contributed by atoms with Crippen LogP contribution in [0.15, 0.2) is 66.7 Å². The molecule has 1 aliphatic heterocycles. The number of nitrogens with one attached hydrogen (secondary N) is 1. The highest BCUT2D eigenvalue weighted by molar-refractivity contribution is 6.30. The summed E-state index contributed by atoms with van der Waals surface area (Å²) in [6, 6.07) is 18.1. The summed E-state index contributed by atoms with van der Waals surface area (Å²) < 4.78 is 39.2. The van der Waals surface area contributed by atoms with Gasteiger partial charge in [0.1, 0.15) is 0 Å². The number of hydrogen-bond donors (Lipinski definition) is 1. The van der Waals surface area contributed by atoms with Gasteiger partial charge in [0, 0.05) is 11.6 Å². The fraction of sp³-hybridized carbons (Fsp3) is 0.208. The molecular weight excluding hydrogens is 425 g/mol. The smallest absolute Gasteiger partial charge is 0.353 e. The van der Waals surface area contributed by atoms with Crippen molar-refractivity contribution < 1.29 is 18.0 Å². The molecule has 0 aliphatic carbocycles. The van der Waals surface area contributed by atoms with Crippen LogP contribution in [0.3, 0.4) is 0 Å². The first-order valence-electron chi connectivity index (χ1n) is 9.90. The number of anilines is 1. The normalized spacial score (nSPS) is 13.7. The maximum Gasteiger partial charge on any atom is 0.416 e. The summed E-state index contributed by atoms with van der Waals surface area (Å²) in [5.41, 5.74) is 2.72. The Morgan fingerprint density at radius 1 is 0.968 bits per heavy atom. The average molecular weight is 445 g/mol. The number of alkyl halides is 3. The molecule has 160 valence electrons. The second-order valence-electron chi connectivity index (χ2n) is 7.47. The monoisotopic (exact) mass is 444 g/mol. The van der Waals surface area contributed by atoms with Gasteiger partial charge in [-0.1, -0.05) is 41.9 Å². The van der Waals surface area contributed by atoms with Gasteiger partial charge >= 0.3 is 6.18 Å². The van der Waals surface area contributed by atoms with Gasteiger partial charge in [-0.2, -0.15) is 13.2 Å². The highest BCUT2D eigenvalue weighted by Crippen LogP contribution is 2.34. The number of aryl methyl sites for hydroxylation is 1. The Labute approximate surface area is 183 Å². The van der Waals surface area contributed by atoms with E-state index in [1.807, 2.05) is 30.3 Å². The molecular formula is C24H20ClF3N2O. The lowest BCUT2D eigenvalue weighted by Gasteiger charge is -2.31. The van der Waals surface area contributed by atoms with Gasteiger partial charge in [-0.15, -0.1) is 0 Å². The van der Waals surface area contributed by atoms with Gasteiger partial charge in [0.2, 0.25) is 0 Å². The number of hydrogen-bond acceptors (Lipinski definition) is 2. The minimum atomic E-state index is -4.41. The van der Waals surface area contributed by atoms with E-state index in [0.717, 1.165) is 37.2 Å². The number of carbonyl (C=O) groups excluding carboxylic acids is 1. The lowest BCUT2D eigenvalue weighted by molar-refractivity contribution is -0.137. The van der Waals surface area contributed by atoms with E-state index < -0.39 is 11.7 Å². The molecule has 1 heterocycles. The van der Waals surface area contributed by atoms with Gasteiger partial charge < -0.3 is 10.2 Å². The molecule has 3 nitrogen and oxygen atoms in total. The zero-order valence-corrected chi connectivity index (χ0v) is 17.3. The fourth-order valence-electron chi connectivity index (χ4n) is 3.72. The quantitative estimate of drug-likeness (QED) is 0.510. The first-order valence-corrected chi connectivity index (χ1v) is 10.3. The zero-order valence-electron chi connectivity index (χ0n) is 16.5. The molecule has 1 N–H and O–H groups in total. The second kappa shape index (κ2) is 8.63. The van der Waals surface area contributed by atoms with E-state index in [-0.39, 0.29) is 5.91 Å². The third-order valence-corrected chi connectivity index (χ3v) is 5.59. The van der Waals surface area contributed by atoms with Gasteiger partial charge in [-0.25, -0.2) is 0 Å². The topological polar surface area (TPSA) is 32.3 Å². The molecule has 0 saturated carbocycles. The van der Waals surface area contributed by atoms with E-state index in [2.05, 4.69) is 10.2 Å². The maximum absolute atomic E-state index is 13.1. The van der Waals surface area contributed by atoms with E-state index in [4.69, 9.17) is 11.6 Å². The zero-order chi connectivity index (χ0) is 22.0. The molecule has 0 fully saturated rings. The van der Waals surface area contributed by atoms with Gasteiger partial charge in [0.25, 0.3) is 5.91 Å². The number of rotatable bonds is 5. The highest BCUT2D eigenvalue weighted by Gasteiger charge is 2.30. The number of fused-ring (bicyclic) bond motifs is 1. The first-order chi connectivity index (χ1) is 14.8. The van der Waals surface area contributed by atoms with Crippen LogP contribution >= 0.6 is 11.6 Å². The minimum absolute atomic E-state index is 0.224. The van der Waals surface area contributed by atoms with E-state index in [0.29, 0.717) is 28.4 Å². The lowest BCUT2D eigenvalue weighted by atomic mass is 9.98. The van der Waals surface area contributed by atoms with Crippen LogP contribution in [0.2, 0.25) is 5.02 Å². The molecule has 0 unspecified atom stereocenters. The fourth-order valence-corrected chi connectivity index (χ4v) is 3.85. The Hall–Kier alpha value is -2.99. The van der Waals surface area contributed by atoms with Crippen molar-refractivity contribution in [3.63, 3.8) is 0 Å². The van der Waals surface area contributed by atoms with Crippen LogP contribution in [0.25, 0.3) is 11.1 Å². The molecule has 0 atom stereocenters. The Balaban J connectivity index is 1.53. The number of amides is 1. The van der Waals surface area contributed by atoms with Crippen LogP contribution in [0.1, 0.15) is 27.9 Å². The number of halogens is 4. The predicted molar refractivity (Wildman–Crippen MR) is 116 cm³/mol. The summed E-state index contributed by atoms with van der Waals surface area (Å²) >= 11 is 5.92. The van der Waals surface area contributed by atoms with Gasteiger partial charge in [0.15, 0.2) is 0 Å². The van der Waals surface area contributed by atoms with Crippen molar-refractivity contribution in [3.05, 3.63) is 88.4 Å². The summed E-state index contributed by atoms with van der Waals surface area (Å²) in [5.74, 6) is -0.224. The number of carbonyl (C=O) groups is 1. The molecule has 0 saturated heterocycles. The van der Waals surface area contributed by atoms with Crippen LogP contribution in [-0.4, -0.2) is 19.1 Å². The van der Waals surface area contributed by atoms with E-state index in [1.165, 1.54) is 11.6 Å². The van der Waals surface area contributed by atoms with Crippen molar-refractivity contribution in [2.24, 2.45) is 0 Å². The number of nitrogens with zero attached hydrogens (tertiary/aromatic N) is 1. The Morgan fingerprint density at radius 2 is 1.71 bits per heavy atom.